The van der Waals surface area contributed by atoms with Gasteiger partial charge < -0.3 is 10.6 Å². The highest BCUT2D eigenvalue weighted by Gasteiger charge is 2.26. The van der Waals surface area contributed by atoms with E-state index in [1.807, 2.05) is 32.9 Å². The van der Waals surface area contributed by atoms with Crippen LogP contribution in [-0.4, -0.2) is 17.5 Å². The Hall–Kier alpha value is -1.35. The van der Waals surface area contributed by atoms with Gasteiger partial charge in [0.15, 0.2) is 0 Å². The highest BCUT2D eigenvalue weighted by Crippen LogP contribution is 2.16. The zero-order valence-electron chi connectivity index (χ0n) is 10.7. The van der Waals surface area contributed by atoms with E-state index in [0.29, 0.717) is 0 Å². The van der Waals surface area contributed by atoms with Gasteiger partial charge >= 0.3 is 0 Å². The number of benzene rings is 1. The van der Waals surface area contributed by atoms with Crippen LogP contribution in [0.1, 0.15) is 31.9 Å². The van der Waals surface area contributed by atoms with Crippen LogP contribution < -0.4 is 10.6 Å². The van der Waals surface area contributed by atoms with Crippen LogP contribution in [0.25, 0.3) is 0 Å². The maximum Gasteiger partial charge on any atom is 0.237 e. The van der Waals surface area contributed by atoms with E-state index in [1.54, 1.807) is 0 Å². The summed E-state index contributed by atoms with van der Waals surface area (Å²) >= 11 is 0. The van der Waals surface area contributed by atoms with Crippen LogP contribution >= 0.6 is 0 Å². The summed E-state index contributed by atoms with van der Waals surface area (Å²) in [4.78, 5) is 12.0. The molecular weight excluding hydrogens is 212 g/mol. The molecule has 1 amide bonds. The van der Waals surface area contributed by atoms with Crippen LogP contribution in [0.4, 0.5) is 0 Å². The van der Waals surface area contributed by atoms with Gasteiger partial charge in [0.05, 0.1) is 6.04 Å². The van der Waals surface area contributed by atoms with Gasteiger partial charge in [-0.2, -0.15) is 0 Å². The first-order valence-corrected chi connectivity index (χ1v) is 6.08. The summed E-state index contributed by atoms with van der Waals surface area (Å²) in [5.41, 5.74) is 2.41. The Morgan fingerprint density at radius 3 is 2.59 bits per heavy atom. The number of nitrogens with one attached hydrogen (secondary N) is 2. The van der Waals surface area contributed by atoms with E-state index in [4.69, 9.17) is 0 Å². The number of hydrogen-bond acceptors (Lipinski definition) is 2. The van der Waals surface area contributed by atoms with Gasteiger partial charge in [0, 0.05) is 12.1 Å². The Bertz CT molecular complexity index is 420. The predicted octanol–water partition coefficient (Wildman–Crippen LogP) is 1.62. The first-order chi connectivity index (χ1) is 7.96. The van der Waals surface area contributed by atoms with Crippen LogP contribution in [-0.2, 0) is 17.8 Å². The SMILES string of the molecule is CC(C)(C)NC(=O)[C@H]1Cc2ccccc2CN1. The maximum absolute atomic E-state index is 12.0. The molecule has 3 nitrogen and oxygen atoms in total. The summed E-state index contributed by atoms with van der Waals surface area (Å²) < 4.78 is 0. The fourth-order valence-electron chi connectivity index (χ4n) is 2.10. The van der Waals surface area contributed by atoms with E-state index in [0.717, 1.165) is 13.0 Å². The van der Waals surface area contributed by atoms with E-state index in [9.17, 15) is 4.79 Å². The standard InChI is InChI=1S/C14H20N2O/c1-14(2,3)16-13(17)12-8-10-6-4-5-7-11(10)9-15-12/h4-7,12,15H,8-9H2,1-3H3,(H,16,17)/t12-/m1/s1. The molecule has 1 aromatic carbocycles. The monoisotopic (exact) mass is 232 g/mol. The van der Waals surface area contributed by atoms with Crippen molar-refractivity contribution in [2.75, 3.05) is 0 Å². The average molecular weight is 232 g/mol. The molecule has 0 spiro atoms. The van der Waals surface area contributed by atoms with Crippen LogP contribution in [0.15, 0.2) is 24.3 Å². The van der Waals surface area contributed by atoms with Gasteiger partial charge in [-0.15, -0.1) is 0 Å². The number of carbonyl (C=O) groups is 1. The van der Waals surface area contributed by atoms with Crippen molar-refractivity contribution in [3.8, 4) is 0 Å². The lowest BCUT2D eigenvalue weighted by Crippen LogP contribution is -2.52. The minimum atomic E-state index is -0.171. The second-order valence-electron chi connectivity index (χ2n) is 5.65. The first kappa shape index (κ1) is 12.1. The summed E-state index contributed by atoms with van der Waals surface area (Å²) in [6.07, 6.45) is 0.776. The van der Waals surface area contributed by atoms with E-state index >= 15 is 0 Å². The van der Waals surface area contributed by atoms with Crippen molar-refractivity contribution >= 4 is 5.91 Å². The molecule has 1 aliphatic heterocycles. The fraction of sp³-hybridized carbons (Fsp3) is 0.500. The molecule has 2 rings (SSSR count). The third kappa shape index (κ3) is 3.07. The second-order valence-corrected chi connectivity index (χ2v) is 5.65. The molecule has 2 N–H and O–H groups in total. The van der Waals surface area contributed by atoms with Crippen molar-refractivity contribution < 1.29 is 4.79 Å². The van der Waals surface area contributed by atoms with Crippen LogP contribution in [0.2, 0.25) is 0 Å². The zero-order chi connectivity index (χ0) is 12.5. The third-order valence-corrected chi connectivity index (χ3v) is 2.90. The van der Waals surface area contributed by atoms with Gasteiger partial charge in [0.25, 0.3) is 0 Å². The molecule has 1 heterocycles. The highest BCUT2D eigenvalue weighted by molar-refractivity contribution is 5.83. The molecule has 0 aliphatic carbocycles. The summed E-state index contributed by atoms with van der Waals surface area (Å²) in [5, 5.41) is 6.30. The normalized spacial score (nSPS) is 19.6. The summed E-state index contributed by atoms with van der Waals surface area (Å²) in [6.45, 7) is 6.78. The minimum absolute atomic E-state index is 0.0898. The number of fused-ring (bicyclic) bond motifs is 1. The van der Waals surface area contributed by atoms with Gasteiger partial charge in [-0.05, 0) is 38.3 Å². The van der Waals surface area contributed by atoms with Crippen molar-refractivity contribution in [1.82, 2.24) is 10.6 Å². The number of amides is 1. The molecule has 1 atom stereocenters. The Labute approximate surface area is 103 Å². The van der Waals surface area contributed by atoms with Gasteiger partial charge in [0.1, 0.15) is 0 Å². The van der Waals surface area contributed by atoms with Crippen molar-refractivity contribution in [2.24, 2.45) is 0 Å². The Morgan fingerprint density at radius 1 is 1.29 bits per heavy atom. The number of rotatable bonds is 1. The highest BCUT2D eigenvalue weighted by atomic mass is 16.2. The van der Waals surface area contributed by atoms with E-state index in [2.05, 4.69) is 22.8 Å². The molecule has 0 bridgehead atoms. The molecule has 0 aromatic heterocycles. The van der Waals surface area contributed by atoms with Crippen molar-refractivity contribution in [3.63, 3.8) is 0 Å². The molecule has 0 radical (unpaired) electrons. The van der Waals surface area contributed by atoms with Crippen molar-refractivity contribution in [3.05, 3.63) is 35.4 Å². The van der Waals surface area contributed by atoms with E-state index in [1.165, 1.54) is 11.1 Å². The van der Waals surface area contributed by atoms with Gasteiger partial charge in [-0.3, -0.25) is 4.79 Å². The third-order valence-electron chi connectivity index (χ3n) is 2.90. The zero-order valence-corrected chi connectivity index (χ0v) is 10.7. The molecule has 1 aliphatic rings. The molecule has 0 fully saturated rings. The largest absolute Gasteiger partial charge is 0.350 e. The second kappa shape index (κ2) is 4.49. The molecular formula is C14H20N2O. The van der Waals surface area contributed by atoms with E-state index in [-0.39, 0.29) is 17.5 Å². The summed E-state index contributed by atoms with van der Waals surface area (Å²) in [6, 6.07) is 8.18. The lowest BCUT2D eigenvalue weighted by molar-refractivity contribution is -0.124. The van der Waals surface area contributed by atoms with E-state index < -0.39 is 0 Å². The Balaban J connectivity index is 2.05. The van der Waals surface area contributed by atoms with Crippen LogP contribution in [0, 0.1) is 0 Å². The lowest BCUT2D eigenvalue weighted by Gasteiger charge is -2.29. The van der Waals surface area contributed by atoms with Crippen molar-refractivity contribution in [2.45, 2.75) is 45.3 Å². The maximum atomic E-state index is 12.0. The summed E-state index contributed by atoms with van der Waals surface area (Å²) in [5.74, 6) is 0.0898. The van der Waals surface area contributed by atoms with Crippen LogP contribution in [0.5, 0.6) is 0 Å². The van der Waals surface area contributed by atoms with Crippen LogP contribution in [0.3, 0.4) is 0 Å². The fourth-order valence-corrected chi connectivity index (χ4v) is 2.10. The molecule has 0 saturated carbocycles. The first-order valence-electron chi connectivity index (χ1n) is 6.08. The van der Waals surface area contributed by atoms with Crippen molar-refractivity contribution in [1.29, 1.82) is 0 Å². The minimum Gasteiger partial charge on any atom is -0.350 e. The molecule has 3 heteroatoms. The molecule has 1 aromatic rings. The molecule has 92 valence electrons. The predicted molar refractivity (Wildman–Crippen MR) is 68.7 cm³/mol. The Kier molecular flexibility index (Phi) is 3.20. The topological polar surface area (TPSA) is 41.1 Å². The quantitative estimate of drug-likeness (QED) is 0.772. The number of carbonyl (C=O) groups excluding carboxylic acids is 1. The molecule has 0 unspecified atom stereocenters. The molecule has 17 heavy (non-hydrogen) atoms. The van der Waals surface area contributed by atoms with Gasteiger partial charge in [0.2, 0.25) is 5.91 Å². The smallest absolute Gasteiger partial charge is 0.237 e. The number of hydrogen-bond donors (Lipinski definition) is 2. The Morgan fingerprint density at radius 2 is 1.94 bits per heavy atom. The molecule has 0 saturated heterocycles. The van der Waals surface area contributed by atoms with Gasteiger partial charge in [-0.1, -0.05) is 24.3 Å². The summed E-state index contributed by atoms with van der Waals surface area (Å²) in [7, 11) is 0. The lowest BCUT2D eigenvalue weighted by atomic mass is 9.95. The average Bonchev–Trinajstić information content (AvgIpc) is 2.26. The van der Waals surface area contributed by atoms with Gasteiger partial charge in [-0.25, -0.2) is 0 Å².